The van der Waals surface area contributed by atoms with Gasteiger partial charge in [-0.3, -0.25) is 4.99 Å². The number of nitrogens with zero attached hydrogens (tertiary/aromatic N) is 1. The number of allylic oxidation sites excluding steroid dienone is 3. The summed E-state index contributed by atoms with van der Waals surface area (Å²) in [6.07, 6.45) is 9.80. The third kappa shape index (κ3) is 0.914. The average molecular weight is 199 g/mol. The Morgan fingerprint density at radius 3 is 3.00 bits per heavy atom. The quantitative estimate of drug-likeness (QED) is 0.606. The van der Waals surface area contributed by atoms with Crippen molar-refractivity contribution in [2.45, 2.75) is 26.3 Å². The molecule has 4 atom stereocenters. The normalized spacial score (nSPS) is 50.9. The first-order valence-electron chi connectivity index (χ1n) is 5.83. The SMILES string of the molecule is C=CC1(CC)C2/N=C/C=C3/C=C(C21)[C@@H]3C. The summed E-state index contributed by atoms with van der Waals surface area (Å²) in [7, 11) is 0. The minimum Gasteiger partial charge on any atom is -0.288 e. The van der Waals surface area contributed by atoms with E-state index in [2.05, 4.69) is 43.6 Å². The molecule has 0 radical (unpaired) electrons. The van der Waals surface area contributed by atoms with Crippen LogP contribution in [0.1, 0.15) is 20.3 Å². The molecule has 0 aromatic rings. The van der Waals surface area contributed by atoms with E-state index in [1.807, 2.05) is 6.21 Å². The summed E-state index contributed by atoms with van der Waals surface area (Å²) in [6.45, 7) is 8.56. The lowest BCUT2D eigenvalue weighted by Gasteiger charge is -2.29. The molecule has 0 aromatic carbocycles. The Kier molecular flexibility index (Phi) is 1.66. The van der Waals surface area contributed by atoms with Crippen LogP contribution in [-0.2, 0) is 0 Å². The Morgan fingerprint density at radius 1 is 1.60 bits per heavy atom. The highest BCUT2D eigenvalue weighted by atomic mass is 14.9. The maximum atomic E-state index is 4.65. The first-order valence-corrected chi connectivity index (χ1v) is 5.83. The van der Waals surface area contributed by atoms with E-state index in [0.717, 1.165) is 6.42 Å². The molecule has 4 aliphatic rings. The summed E-state index contributed by atoms with van der Waals surface area (Å²) >= 11 is 0. The van der Waals surface area contributed by atoms with Gasteiger partial charge in [0.25, 0.3) is 0 Å². The smallest absolute Gasteiger partial charge is 0.0671 e. The Morgan fingerprint density at radius 2 is 2.40 bits per heavy atom. The lowest BCUT2D eigenvalue weighted by molar-refractivity contribution is 0.542. The van der Waals surface area contributed by atoms with Crippen molar-refractivity contribution < 1.29 is 0 Å². The molecular formula is C14H17N. The van der Waals surface area contributed by atoms with Gasteiger partial charge < -0.3 is 0 Å². The van der Waals surface area contributed by atoms with Crippen LogP contribution in [0.4, 0.5) is 0 Å². The Balaban J connectivity index is 2.04. The lowest BCUT2D eigenvalue weighted by Crippen LogP contribution is -2.17. The molecule has 0 amide bonds. The predicted octanol–water partition coefficient (Wildman–Crippen LogP) is 3.15. The fourth-order valence-electron chi connectivity index (χ4n) is 3.29. The minimum atomic E-state index is 0.264. The largest absolute Gasteiger partial charge is 0.288 e. The zero-order valence-corrected chi connectivity index (χ0v) is 9.40. The van der Waals surface area contributed by atoms with Crippen molar-refractivity contribution in [1.82, 2.24) is 0 Å². The fraction of sp³-hybridized carbons (Fsp3) is 0.500. The second kappa shape index (κ2) is 2.72. The first-order chi connectivity index (χ1) is 7.24. The predicted molar refractivity (Wildman–Crippen MR) is 64.0 cm³/mol. The van der Waals surface area contributed by atoms with Crippen molar-refractivity contribution >= 4 is 6.21 Å². The molecule has 0 N–H and O–H groups in total. The molecule has 2 aliphatic heterocycles. The minimum absolute atomic E-state index is 0.264. The first kappa shape index (κ1) is 9.14. The fourth-order valence-corrected chi connectivity index (χ4v) is 3.29. The molecule has 0 aromatic heterocycles. The maximum absolute atomic E-state index is 4.65. The van der Waals surface area contributed by atoms with Crippen molar-refractivity contribution in [2.24, 2.45) is 22.2 Å². The molecule has 2 heterocycles. The summed E-state index contributed by atoms with van der Waals surface area (Å²) in [5.74, 6) is 1.29. The van der Waals surface area contributed by atoms with Gasteiger partial charge in [0.2, 0.25) is 0 Å². The Labute approximate surface area is 91.3 Å². The molecule has 1 fully saturated rings. The maximum Gasteiger partial charge on any atom is 0.0671 e. The number of rotatable bonds is 2. The van der Waals surface area contributed by atoms with E-state index >= 15 is 0 Å². The van der Waals surface area contributed by atoms with Crippen LogP contribution in [0.25, 0.3) is 0 Å². The van der Waals surface area contributed by atoms with Crippen LogP contribution >= 0.6 is 0 Å². The van der Waals surface area contributed by atoms with Gasteiger partial charge >= 0.3 is 0 Å². The number of fused-ring (bicyclic) bond motifs is 1. The van der Waals surface area contributed by atoms with Crippen LogP contribution in [0.2, 0.25) is 0 Å². The average Bonchev–Trinajstić information content (AvgIpc) is 2.82. The highest BCUT2D eigenvalue weighted by molar-refractivity contribution is 5.77. The zero-order chi connectivity index (χ0) is 10.6. The van der Waals surface area contributed by atoms with Crippen molar-refractivity contribution in [3.8, 4) is 0 Å². The van der Waals surface area contributed by atoms with Crippen LogP contribution in [0, 0.1) is 17.3 Å². The van der Waals surface area contributed by atoms with E-state index < -0.39 is 0 Å². The summed E-state index contributed by atoms with van der Waals surface area (Å²) in [5.41, 5.74) is 3.30. The Bertz CT molecular complexity index is 413. The molecule has 2 aliphatic carbocycles. The van der Waals surface area contributed by atoms with E-state index in [9.17, 15) is 0 Å². The van der Waals surface area contributed by atoms with Gasteiger partial charge in [0.15, 0.2) is 0 Å². The van der Waals surface area contributed by atoms with Gasteiger partial charge in [-0.25, -0.2) is 0 Å². The molecule has 15 heavy (non-hydrogen) atoms. The monoisotopic (exact) mass is 199 g/mol. The highest BCUT2D eigenvalue weighted by Gasteiger charge is 2.64. The van der Waals surface area contributed by atoms with E-state index in [4.69, 9.17) is 0 Å². The number of hydrogen-bond donors (Lipinski definition) is 0. The van der Waals surface area contributed by atoms with E-state index in [-0.39, 0.29) is 5.41 Å². The van der Waals surface area contributed by atoms with Crippen molar-refractivity contribution in [3.05, 3.63) is 36.0 Å². The van der Waals surface area contributed by atoms with E-state index in [1.54, 1.807) is 5.57 Å². The van der Waals surface area contributed by atoms with Gasteiger partial charge in [-0.1, -0.05) is 31.6 Å². The lowest BCUT2D eigenvalue weighted by atomic mass is 9.76. The summed E-state index contributed by atoms with van der Waals surface area (Å²) in [5, 5.41) is 0. The zero-order valence-electron chi connectivity index (χ0n) is 9.40. The van der Waals surface area contributed by atoms with Crippen LogP contribution in [0.15, 0.2) is 40.9 Å². The van der Waals surface area contributed by atoms with Crippen molar-refractivity contribution in [2.75, 3.05) is 0 Å². The van der Waals surface area contributed by atoms with Gasteiger partial charge in [0.1, 0.15) is 0 Å². The Hall–Kier alpha value is -1.11. The van der Waals surface area contributed by atoms with Gasteiger partial charge in [0, 0.05) is 23.5 Å². The topological polar surface area (TPSA) is 12.4 Å². The van der Waals surface area contributed by atoms with Gasteiger partial charge in [-0.05, 0) is 18.1 Å². The van der Waals surface area contributed by atoms with Gasteiger partial charge in [-0.15, -0.1) is 6.58 Å². The van der Waals surface area contributed by atoms with Gasteiger partial charge in [-0.2, -0.15) is 0 Å². The van der Waals surface area contributed by atoms with Crippen molar-refractivity contribution in [1.29, 1.82) is 0 Å². The molecule has 0 spiro atoms. The standard InChI is InChI=1S/C14H17N/c1-4-14(5-2)12-11-8-10(9(11)3)6-7-15-13(12)14/h4,6-9,12-13H,1,5H2,2-3H3/b10-6-,15-7+/t9-,12?,13?,14?/m1/s1. The molecule has 1 saturated carbocycles. The molecule has 0 saturated heterocycles. The van der Waals surface area contributed by atoms with Crippen LogP contribution in [-0.4, -0.2) is 12.3 Å². The molecule has 1 nitrogen and oxygen atoms in total. The van der Waals surface area contributed by atoms with Crippen LogP contribution in [0.5, 0.6) is 0 Å². The highest BCUT2D eigenvalue weighted by Crippen LogP contribution is 2.65. The summed E-state index contributed by atoms with van der Waals surface area (Å²) in [6, 6.07) is 0.465. The number of aliphatic imine (C=N–C) groups is 1. The number of hydrogen-bond acceptors (Lipinski definition) is 1. The summed E-state index contributed by atoms with van der Waals surface area (Å²) < 4.78 is 0. The van der Waals surface area contributed by atoms with Gasteiger partial charge in [0.05, 0.1) is 6.04 Å². The van der Waals surface area contributed by atoms with E-state index in [1.165, 1.54) is 5.57 Å². The molecule has 4 rings (SSSR count). The van der Waals surface area contributed by atoms with E-state index in [0.29, 0.717) is 17.9 Å². The molecule has 78 valence electrons. The third-order valence-corrected chi connectivity index (χ3v) is 4.53. The van der Waals surface area contributed by atoms with Crippen molar-refractivity contribution in [3.63, 3.8) is 0 Å². The summed E-state index contributed by atoms with van der Waals surface area (Å²) in [4.78, 5) is 4.65. The third-order valence-electron chi connectivity index (χ3n) is 4.53. The second-order valence-electron chi connectivity index (χ2n) is 4.92. The molecular weight excluding hydrogens is 182 g/mol. The molecule has 2 bridgehead atoms. The molecule has 3 unspecified atom stereocenters. The molecule has 1 heteroatoms. The van der Waals surface area contributed by atoms with Crippen LogP contribution in [0.3, 0.4) is 0 Å². The van der Waals surface area contributed by atoms with Crippen LogP contribution < -0.4 is 0 Å². The second-order valence-corrected chi connectivity index (χ2v) is 4.92.